The predicted molar refractivity (Wildman–Crippen MR) is 43.0 cm³/mol. The van der Waals surface area contributed by atoms with Crippen molar-refractivity contribution < 1.29 is 90.9 Å². The summed E-state index contributed by atoms with van der Waals surface area (Å²) in [5.74, 6) is -2.02. The standard InChI is InChI=1S/C8H5F3O4S.2Na/c9-8(10,11)6-3-4(16(14)15)1-2-5(6)7(12)13;;/h1-3H,(H,12,13)(H,14,15);;/q;2*+1/p-2. The minimum atomic E-state index is -4.95. The molecule has 0 heterocycles. The van der Waals surface area contributed by atoms with Crippen LogP contribution in [0, 0.1) is 0 Å². The van der Waals surface area contributed by atoms with E-state index in [1.807, 2.05) is 0 Å². The van der Waals surface area contributed by atoms with E-state index in [9.17, 15) is 31.8 Å². The Kier molecular flexibility index (Phi) is 9.30. The molecule has 1 unspecified atom stereocenters. The molecule has 0 bridgehead atoms. The quantitative estimate of drug-likeness (QED) is 0.403. The normalized spacial score (nSPS) is 12.0. The van der Waals surface area contributed by atoms with Gasteiger partial charge in [0, 0.05) is 10.5 Å². The van der Waals surface area contributed by atoms with Gasteiger partial charge < -0.3 is 14.5 Å². The number of hydrogen-bond donors (Lipinski definition) is 0. The number of benzene rings is 1. The van der Waals surface area contributed by atoms with Crippen molar-refractivity contribution >= 4 is 17.0 Å². The molecule has 1 aromatic carbocycles. The maximum absolute atomic E-state index is 12.4. The Morgan fingerprint density at radius 1 is 1.22 bits per heavy atom. The van der Waals surface area contributed by atoms with Crippen LogP contribution in [-0.2, 0) is 17.3 Å². The van der Waals surface area contributed by atoms with Crippen LogP contribution >= 0.6 is 0 Å². The number of rotatable bonds is 2. The molecule has 88 valence electrons. The van der Waals surface area contributed by atoms with Gasteiger partial charge in [-0.3, -0.25) is 4.21 Å². The van der Waals surface area contributed by atoms with Crippen LogP contribution in [0.1, 0.15) is 15.9 Å². The SMILES string of the molecule is O=C([O-])c1ccc(S(=O)[O-])cc1C(F)(F)F.[Na+].[Na+]. The molecule has 0 aliphatic heterocycles. The van der Waals surface area contributed by atoms with Gasteiger partial charge in [-0.05, 0) is 23.2 Å². The average molecular weight is 298 g/mol. The van der Waals surface area contributed by atoms with E-state index in [0.29, 0.717) is 6.07 Å². The number of carbonyl (C=O) groups is 1. The minimum Gasteiger partial charge on any atom is -0.768 e. The number of alkyl halides is 3. The first kappa shape index (κ1) is 20.9. The van der Waals surface area contributed by atoms with Crippen molar-refractivity contribution in [1.82, 2.24) is 0 Å². The van der Waals surface area contributed by atoms with E-state index in [1.165, 1.54) is 0 Å². The zero-order chi connectivity index (χ0) is 12.5. The number of hydrogen-bond acceptors (Lipinski definition) is 4. The largest absolute Gasteiger partial charge is 1.00 e. The second-order valence-corrected chi connectivity index (χ2v) is 3.67. The third kappa shape index (κ3) is 5.30. The van der Waals surface area contributed by atoms with Gasteiger partial charge in [0.2, 0.25) is 0 Å². The average Bonchev–Trinajstić information content (AvgIpc) is 2.15. The van der Waals surface area contributed by atoms with Gasteiger partial charge >= 0.3 is 65.3 Å². The van der Waals surface area contributed by atoms with Gasteiger partial charge in [-0.1, -0.05) is 6.07 Å². The van der Waals surface area contributed by atoms with Crippen LogP contribution < -0.4 is 64.2 Å². The molecule has 0 spiro atoms. The van der Waals surface area contributed by atoms with Gasteiger partial charge in [0.25, 0.3) is 0 Å². The fraction of sp³-hybridized carbons (Fsp3) is 0.125. The fourth-order valence-corrected chi connectivity index (χ4v) is 1.43. The summed E-state index contributed by atoms with van der Waals surface area (Å²) >= 11 is -2.86. The maximum atomic E-state index is 12.4. The Hall–Kier alpha value is 0.590. The van der Waals surface area contributed by atoms with Crippen LogP contribution in [0.15, 0.2) is 23.1 Å². The Labute approximate surface area is 147 Å². The Balaban J connectivity index is 0. The van der Waals surface area contributed by atoms with E-state index >= 15 is 0 Å². The van der Waals surface area contributed by atoms with Gasteiger partial charge in [0.15, 0.2) is 0 Å². The molecule has 1 aromatic rings. The molecule has 0 aromatic heterocycles. The molecule has 10 heteroatoms. The number of halogens is 3. The van der Waals surface area contributed by atoms with Crippen molar-refractivity contribution in [3.05, 3.63) is 29.3 Å². The number of aromatic carboxylic acids is 1. The zero-order valence-corrected chi connectivity index (χ0v) is 14.2. The Morgan fingerprint density at radius 3 is 2.06 bits per heavy atom. The van der Waals surface area contributed by atoms with E-state index in [2.05, 4.69) is 0 Å². The zero-order valence-electron chi connectivity index (χ0n) is 9.41. The van der Waals surface area contributed by atoms with Gasteiger partial charge in [-0.2, -0.15) is 13.2 Å². The van der Waals surface area contributed by atoms with E-state index in [-0.39, 0.29) is 65.2 Å². The van der Waals surface area contributed by atoms with Crippen LogP contribution in [0.25, 0.3) is 0 Å². The van der Waals surface area contributed by atoms with Crippen molar-refractivity contribution in [3.63, 3.8) is 0 Å². The van der Waals surface area contributed by atoms with E-state index in [1.54, 1.807) is 0 Å². The van der Waals surface area contributed by atoms with Crippen molar-refractivity contribution in [2.24, 2.45) is 0 Å². The summed E-state index contributed by atoms with van der Waals surface area (Å²) in [6.07, 6.45) is -4.95. The molecule has 0 radical (unpaired) electrons. The van der Waals surface area contributed by atoms with Crippen LogP contribution in [0.4, 0.5) is 13.2 Å². The molecule has 4 nitrogen and oxygen atoms in total. The molecule has 0 aliphatic carbocycles. The van der Waals surface area contributed by atoms with Gasteiger partial charge in [0.1, 0.15) is 0 Å². The van der Waals surface area contributed by atoms with Crippen molar-refractivity contribution in [3.8, 4) is 0 Å². The molecule has 1 atom stereocenters. The Bertz CT molecular complexity index is 464. The first-order valence-electron chi connectivity index (χ1n) is 3.75. The van der Waals surface area contributed by atoms with E-state index < -0.39 is 39.2 Å². The third-order valence-electron chi connectivity index (χ3n) is 1.71. The first-order chi connectivity index (χ1) is 7.23. The molecular weight excluding hydrogens is 295 g/mol. The molecule has 0 amide bonds. The summed E-state index contributed by atoms with van der Waals surface area (Å²) in [6, 6.07) is 1.54. The second kappa shape index (κ2) is 8.01. The maximum Gasteiger partial charge on any atom is 1.00 e. The summed E-state index contributed by atoms with van der Waals surface area (Å²) < 4.78 is 57.9. The monoisotopic (exact) mass is 298 g/mol. The number of carbonyl (C=O) groups excluding carboxylic acids is 1. The molecule has 18 heavy (non-hydrogen) atoms. The molecule has 0 saturated carbocycles. The topological polar surface area (TPSA) is 80.3 Å². The summed E-state index contributed by atoms with van der Waals surface area (Å²) in [5, 5.41) is 10.4. The molecule has 0 aliphatic rings. The van der Waals surface area contributed by atoms with Crippen molar-refractivity contribution in [2.75, 3.05) is 0 Å². The number of carboxylic acid groups (broad SMARTS) is 1. The second-order valence-electron chi connectivity index (χ2n) is 2.73. The van der Waals surface area contributed by atoms with Gasteiger partial charge in [-0.25, -0.2) is 0 Å². The summed E-state index contributed by atoms with van der Waals surface area (Å²) in [7, 11) is 0. The number of carboxylic acids is 1. The van der Waals surface area contributed by atoms with Gasteiger partial charge in [0.05, 0.1) is 11.5 Å². The van der Waals surface area contributed by atoms with Crippen molar-refractivity contribution in [1.29, 1.82) is 0 Å². The smallest absolute Gasteiger partial charge is 0.768 e. The van der Waals surface area contributed by atoms with Gasteiger partial charge in [-0.15, -0.1) is 0 Å². The first-order valence-corrected chi connectivity index (χ1v) is 4.83. The predicted octanol–water partition coefficient (Wildman–Crippen LogP) is -5.69. The van der Waals surface area contributed by atoms with Crippen LogP contribution in [0.3, 0.4) is 0 Å². The minimum absolute atomic E-state index is 0. The molecule has 0 fully saturated rings. The van der Waals surface area contributed by atoms with E-state index in [4.69, 9.17) is 0 Å². The molecular formula is C8H3F3Na2O4S. The van der Waals surface area contributed by atoms with Crippen LogP contribution in [-0.4, -0.2) is 14.7 Å². The van der Waals surface area contributed by atoms with Crippen LogP contribution in [0.2, 0.25) is 0 Å². The van der Waals surface area contributed by atoms with Crippen molar-refractivity contribution in [2.45, 2.75) is 11.1 Å². The molecule has 0 saturated heterocycles. The Morgan fingerprint density at radius 2 is 1.72 bits per heavy atom. The molecule has 0 N–H and O–H groups in total. The van der Waals surface area contributed by atoms with E-state index in [0.717, 1.165) is 6.07 Å². The summed E-state index contributed by atoms with van der Waals surface area (Å²) in [5.41, 5.74) is -2.64. The summed E-state index contributed by atoms with van der Waals surface area (Å²) in [4.78, 5) is 9.74. The fourth-order valence-electron chi connectivity index (χ4n) is 1.04. The summed E-state index contributed by atoms with van der Waals surface area (Å²) in [6.45, 7) is 0. The third-order valence-corrected chi connectivity index (χ3v) is 2.35. The molecule has 1 rings (SSSR count). The van der Waals surface area contributed by atoms with Crippen LogP contribution in [0.5, 0.6) is 0 Å².